The molecule has 2 rings (SSSR count). The van der Waals surface area contributed by atoms with Crippen LogP contribution in [-0.2, 0) is 10.2 Å². The van der Waals surface area contributed by atoms with Crippen molar-refractivity contribution < 1.29 is 9.59 Å². The number of likely N-dealkylation sites (tertiary alicyclic amines) is 1. The first-order valence-electron chi connectivity index (χ1n) is 7.31. The van der Waals surface area contributed by atoms with Gasteiger partial charge in [0.2, 0.25) is 5.91 Å². The van der Waals surface area contributed by atoms with Crippen LogP contribution in [0.15, 0.2) is 6.20 Å². The Balaban J connectivity index is 1.96. The zero-order chi connectivity index (χ0) is 15.6. The number of rotatable bonds is 3. The molecule has 6 heteroatoms. The zero-order valence-electron chi connectivity index (χ0n) is 12.9. The summed E-state index contributed by atoms with van der Waals surface area (Å²) in [6, 6.07) is 0. The van der Waals surface area contributed by atoms with Crippen LogP contribution in [0.3, 0.4) is 0 Å². The lowest BCUT2D eigenvalue weighted by atomic mass is 9.93. The van der Waals surface area contributed by atoms with Gasteiger partial charge >= 0.3 is 0 Å². The van der Waals surface area contributed by atoms with E-state index in [1.807, 2.05) is 4.90 Å². The molecule has 21 heavy (non-hydrogen) atoms. The van der Waals surface area contributed by atoms with E-state index in [0.717, 1.165) is 17.8 Å². The van der Waals surface area contributed by atoms with Crippen molar-refractivity contribution in [2.45, 2.75) is 45.4 Å². The molecule has 0 bridgehead atoms. The highest BCUT2D eigenvalue weighted by molar-refractivity contribution is 7.13. The highest BCUT2D eigenvalue weighted by atomic mass is 32.1. The lowest BCUT2D eigenvalue weighted by Gasteiger charge is -2.31. The Kier molecular flexibility index (Phi) is 4.66. The topological polar surface area (TPSA) is 76.3 Å². The van der Waals surface area contributed by atoms with E-state index in [-0.39, 0.29) is 17.2 Å². The molecule has 0 aliphatic carbocycles. The fourth-order valence-electron chi connectivity index (χ4n) is 2.50. The minimum atomic E-state index is -0.253. The van der Waals surface area contributed by atoms with E-state index in [4.69, 9.17) is 5.73 Å². The van der Waals surface area contributed by atoms with Crippen LogP contribution in [0, 0.1) is 5.92 Å². The summed E-state index contributed by atoms with van der Waals surface area (Å²) >= 11 is 1.48. The SMILES string of the molecule is CC(C)(C)c1ncc(C(=O)N2CCC(CC(N)=O)CC2)s1. The molecular weight excluding hydrogens is 286 g/mol. The van der Waals surface area contributed by atoms with Crippen molar-refractivity contribution in [3.8, 4) is 0 Å². The molecule has 2 N–H and O–H groups in total. The molecular formula is C15H23N3O2S. The van der Waals surface area contributed by atoms with Gasteiger partial charge in [-0.15, -0.1) is 11.3 Å². The Morgan fingerprint density at radius 3 is 2.48 bits per heavy atom. The smallest absolute Gasteiger partial charge is 0.265 e. The van der Waals surface area contributed by atoms with Crippen molar-refractivity contribution in [3.05, 3.63) is 16.1 Å². The standard InChI is InChI=1S/C15H23N3O2S/c1-15(2,3)14-17-9-11(21-14)13(20)18-6-4-10(5-7-18)8-12(16)19/h9-10H,4-8H2,1-3H3,(H2,16,19). The second-order valence-electron chi connectivity index (χ2n) is 6.69. The van der Waals surface area contributed by atoms with Crippen LogP contribution >= 0.6 is 11.3 Å². The minimum Gasteiger partial charge on any atom is -0.370 e. The number of carbonyl (C=O) groups excluding carboxylic acids is 2. The summed E-state index contributed by atoms with van der Waals surface area (Å²) in [7, 11) is 0. The first kappa shape index (κ1) is 15.9. The van der Waals surface area contributed by atoms with Crippen LogP contribution < -0.4 is 5.73 Å². The third-order valence-electron chi connectivity index (χ3n) is 3.75. The van der Waals surface area contributed by atoms with Gasteiger partial charge < -0.3 is 10.6 Å². The molecule has 1 saturated heterocycles. The predicted octanol–water partition coefficient (Wildman–Crippen LogP) is 2.17. The van der Waals surface area contributed by atoms with E-state index in [2.05, 4.69) is 25.8 Å². The van der Waals surface area contributed by atoms with Crippen molar-refractivity contribution in [2.24, 2.45) is 11.7 Å². The Morgan fingerprint density at radius 1 is 1.38 bits per heavy atom. The fourth-order valence-corrected chi connectivity index (χ4v) is 3.44. The van der Waals surface area contributed by atoms with Gasteiger partial charge in [-0.3, -0.25) is 9.59 Å². The number of piperidine rings is 1. The van der Waals surface area contributed by atoms with E-state index in [0.29, 0.717) is 30.3 Å². The first-order valence-corrected chi connectivity index (χ1v) is 8.13. The normalized spacial score (nSPS) is 17.0. The number of carbonyl (C=O) groups is 2. The molecule has 1 aromatic rings. The van der Waals surface area contributed by atoms with Crippen molar-refractivity contribution in [3.63, 3.8) is 0 Å². The van der Waals surface area contributed by atoms with Crippen LogP contribution in [0.1, 0.15) is 54.7 Å². The maximum absolute atomic E-state index is 12.5. The largest absolute Gasteiger partial charge is 0.370 e. The molecule has 1 aliphatic rings. The second kappa shape index (κ2) is 6.13. The van der Waals surface area contributed by atoms with Gasteiger partial charge in [0, 0.05) is 24.9 Å². The highest BCUT2D eigenvalue weighted by Crippen LogP contribution is 2.28. The molecule has 116 valence electrons. The quantitative estimate of drug-likeness (QED) is 0.929. The zero-order valence-corrected chi connectivity index (χ0v) is 13.7. The number of hydrogen-bond donors (Lipinski definition) is 1. The molecule has 0 atom stereocenters. The lowest BCUT2D eigenvalue weighted by Crippen LogP contribution is -2.39. The molecule has 0 aromatic carbocycles. The van der Waals surface area contributed by atoms with Crippen molar-refractivity contribution in [1.29, 1.82) is 0 Å². The first-order chi connectivity index (χ1) is 9.77. The van der Waals surface area contributed by atoms with Gasteiger partial charge in [0.1, 0.15) is 4.88 Å². The molecule has 0 spiro atoms. The van der Waals surface area contributed by atoms with Crippen molar-refractivity contribution in [2.75, 3.05) is 13.1 Å². The van der Waals surface area contributed by atoms with Crippen molar-refractivity contribution >= 4 is 23.2 Å². The second-order valence-corrected chi connectivity index (χ2v) is 7.72. The van der Waals surface area contributed by atoms with Gasteiger partial charge in [0.15, 0.2) is 0 Å². The van der Waals surface area contributed by atoms with Crippen LogP contribution in [0.25, 0.3) is 0 Å². The van der Waals surface area contributed by atoms with Gasteiger partial charge in [-0.05, 0) is 18.8 Å². The molecule has 2 amide bonds. The number of aromatic nitrogens is 1. The van der Waals surface area contributed by atoms with E-state index in [1.165, 1.54) is 11.3 Å². The highest BCUT2D eigenvalue weighted by Gasteiger charge is 2.27. The summed E-state index contributed by atoms with van der Waals surface area (Å²) in [5.74, 6) is 0.121. The van der Waals surface area contributed by atoms with E-state index >= 15 is 0 Å². The Bertz CT molecular complexity index is 525. The average Bonchev–Trinajstić information content (AvgIpc) is 2.87. The summed E-state index contributed by atoms with van der Waals surface area (Å²) in [6.07, 6.45) is 3.80. The molecule has 5 nitrogen and oxygen atoms in total. The number of nitrogens with zero attached hydrogens (tertiary/aromatic N) is 2. The summed E-state index contributed by atoms with van der Waals surface area (Å²) in [4.78, 5) is 30.3. The van der Waals surface area contributed by atoms with Crippen LogP contribution in [-0.4, -0.2) is 34.8 Å². The summed E-state index contributed by atoms with van der Waals surface area (Å²) < 4.78 is 0. The predicted molar refractivity (Wildman–Crippen MR) is 83.3 cm³/mol. The molecule has 1 aliphatic heterocycles. The van der Waals surface area contributed by atoms with Crippen LogP contribution in [0.4, 0.5) is 0 Å². The third-order valence-corrected chi connectivity index (χ3v) is 5.16. The number of thiazole rings is 1. The van der Waals surface area contributed by atoms with Crippen LogP contribution in [0.5, 0.6) is 0 Å². The van der Waals surface area contributed by atoms with Gasteiger partial charge in [-0.25, -0.2) is 4.98 Å². The molecule has 2 heterocycles. The van der Waals surface area contributed by atoms with Gasteiger partial charge in [0.25, 0.3) is 5.91 Å². The molecule has 0 radical (unpaired) electrons. The Labute approximate surface area is 129 Å². The lowest BCUT2D eigenvalue weighted by molar-refractivity contribution is -0.119. The van der Waals surface area contributed by atoms with E-state index in [9.17, 15) is 9.59 Å². The number of nitrogens with two attached hydrogens (primary N) is 1. The number of primary amides is 1. The van der Waals surface area contributed by atoms with Gasteiger partial charge in [0.05, 0.1) is 11.2 Å². The number of amides is 2. The van der Waals surface area contributed by atoms with Crippen LogP contribution in [0.2, 0.25) is 0 Å². The Morgan fingerprint density at radius 2 is 2.00 bits per heavy atom. The molecule has 0 saturated carbocycles. The number of hydrogen-bond acceptors (Lipinski definition) is 4. The minimum absolute atomic E-state index is 0.0301. The van der Waals surface area contributed by atoms with Gasteiger partial charge in [-0.1, -0.05) is 20.8 Å². The monoisotopic (exact) mass is 309 g/mol. The average molecular weight is 309 g/mol. The van der Waals surface area contributed by atoms with Crippen molar-refractivity contribution in [1.82, 2.24) is 9.88 Å². The summed E-state index contributed by atoms with van der Waals surface area (Å²) in [5, 5.41) is 0.981. The summed E-state index contributed by atoms with van der Waals surface area (Å²) in [6.45, 7) is 7.67. The molecule has 1 aromatic heterocycles. The van der Waals surface area contributed by atoms with E-state index < -0.39 is 0 Å². The maximum atomic E-state index is 12.5. The molecule has 0 unspecified atom stereocenters. The summed E-state index contributed by atoms with van der Waals surface area (Å²) in [5.41, 5.74) is 5.20. The molecule has 1 fully saturated rings. The van der Waals surface area contributed by atoms with Gasteiger partial charge in [-0.2, -0.15) is 0 Å². The maximum Gasteiger partial charge on any atom is 0.265 e. The fraction of sp³-hybridized carbons (Fsp3) is 0.667. The van der Waals surface area contributed by atoms with E-state index in [1.54, 1.807) is 6.20 Å². The Hall–Kier alpha value is -1.43. The third kappa shape index (κ3) is 4.03.